The molecule has 2 aromatic rings. The summed E-state index contributed by atoms with van der Waals surface area (Å²) in [6.07, 6.45) is 5.01. The largest absolute Gasteiger partial charge is 0.0654 e. The lowest BCUT2D eigenvalue weighted by molar-refractivity contribution is 0.659. The van der Waals surface area contributed by atoms with Crippen LogP contribution in [0.1, 0.15) is 74.8 Å². The average Bonchev–Trinajstić information content (AvgIpc) is 2.99. The van der Waals surface area contributed by atoms with Crippen LogP contribution in [0.25, 0.3) is 16.7 Å². The van der Waals surface area contributed by atoms with E-state index in [0.29, 0.717) is 0 Å². The number of rotatable bonds is 3. The van der Waals surface area contributed by atoms with E-state index in [2.05, 4.69) is 65.0 Å². The highest BCUT2D eigenvalue weighted by molar-refractivity contribution is 5.90. The zero-order chi connectivity index (χ0) is 17.1. The van der Waals surface area contributed by atoms with Crippen LogP contribution in [-0.2, 0) is 11.8 Å². The van der Waals surface area contributed by atoms with Gasteiger partial charge in [-0.25, -0.2) is 0 Å². The van der Waals surface area contributed by atoms with Crippen LogP contribution in [0.2, 0.25) is 0 Å². The Labute approximate surface area is 146 Å². The van der Waals surface area contributed by atoms with Gasteiger partial charge in [-0.1, -0.05) is 68.7 Å². The monoisotopic (exact) mass is 316 g/mol. The molecule has 2 aromatic carbocycles. The number of hydrogen-bond donors (Lipinski definition) is 0. The Morgan fingerprint density at radius 3 is 2.46 bits per heavy atom. The molecule has 0 unspecified atom stereocenters. The summed E-state index contributed by atoms with van der Waals surface area (Å²) in [6.45, 7) is 11.6. The van der Waals surface area contributed by atoms with Crippen LogP contribution in [-0.4, -0.2) is 0 Å². The van der Waals surface area contributed by atoms with E-state index in [-0.39, 0.29) is 5.41 Å². The molecule has 0 aromatic heterocycles. The van der Waals surface area contributed by atoms with Crippen LogP contribution in [0, 0.1) is 6.92 Å². The summed E-state index contributed by atoms with van der Waals surface area (Å²) in [7, 11) is 0. The van der Waals surface area contributed by atoms with Crippen LogP contribution in [0.5, 0.6) is 0 Å². The number of fused-ring (bicyclic) bond motifs is 5. The Bertz CT molecular complexity index is 862. The summed E-state index contributed by atoms with van der Waals surface area (Å²) in [5, 5.41) is 0. The molecule has 24 heavy (non-hydrogen) atoms. The lowest BCUT2D eigenvalue weighted by Gasteiger charge is -2.22. The van der Waals surface area contributed by atoms with Crippen molar-refractivity contribution >= 4 is 5.57 Å². The Kier molecular flexibility index (Phi) is 3.49. The Hall–Kier alpha value is -1.82. The highest BCUT2D eigenvalue weighted by atomic mass is 14.4. The third kappa shape index (κ3) is 2.05. The third-order valence-corrected chi connectivity index (χ3v) is 6.26. The van der Waals surface area contributed by atoms with Gasteiger partial charge in [0, 0.05) is 5.41 Å². The number of aryl methyl sites for hydroxylation is 1. The van der Waals surface area contributed by atoms with E-state index in [1.54, 1.807) is 22.3 Å². The first-order valence-corrected chi connectivity index (χ1v) is 9.42. The molecule has 2 aliphatic rings. The zero-order valence-corrected chi connectivity index (χ0v) is 15.7. The second kappa shape index (κ2) is 5.34. The molecule has 0 N–H and O–H groups in total. The molecule has 0 saturated heterocycles. The summed E-state index contributed by atoms with van der Waals surface area (Å²) < 4.78 is 0. The number of benzene rings is 2. The summed E-state index contributed by atoms with van der Waals surface area (Å²) in [5.41, 5.74) is 13.8. The van der Waals surface area contributed by atoms with Gasteiger partial charge in [0.15, 0.2) is 0 Å². The predicted molar refractivity (Wildman–Crippen MR) is 105 cm³/mol. The van der Waals surface area contributed by atoms with Crippen molar-refractivity contribution in [2.75, 3.05) is 0 Å². The van der Waals surface area contributed by atoms with Gasteiger partial charge < -0.3 is 0 Å². The summed E-state index contributed by atoms with van der Waals surface area (Å²) in [4.78, 5) is 0. The van der Waals surface area contributed by atoms with Gasteiger partial charge in [-0.3, -0.25) is 0 Å². The van der Waals surface area contributed by atoms with Gasteiger partial charge in [0.25, 0.3) is 0 Å². The molecule has 0 heterocycles. The van der Waals surface area contributed by atoms with E-state index < -0.39 is 0 Å². The van der Waals surface area contributed by atoms with Crippen molar-refractivity contribution in [1.82, 2.24) is 0 Å². The highest BCUT2D eigenvalue weighted by Gasteiger charge is 2.38. The lowest BCUT2D eigenvalue weighted by atomic mass is 9.81. The van der Waals surface area contributed by atoms with Gasteiger partial charge in [-0.15, -0.1) is 0 Å². The summed E-state index contributed by atoms with van der Waals surface area (Å²) >= 11 is 0. The maximum Gasteiger partial charge on any atom is 0.0159 e. The van der Waals surface area contributed by atoms with Gasteiger partial charge in [-0.05, 0) is 72.1 Å². The van der Waals surface area contributed by atoms with Crippen molar-refractivity contribution in [2.24, 2.45) is 0 Å². The van der Waals surface area contributed by atoms with E-state index in [0.717, 1.165) is 6.42 Å². The van der Waals surface area contributed by atoms with Crippen molar-refractivity contribution in [3.8, 4) is 11.1 Å². The molecule has 0 nitrogen and oxygen atoms in total. The molecule has 0 saturated carbocycles. The van der Waals surface area contributed by atoms with Gasteiger partial charge in [0.05, 0.1) is 0 Å². The summed E-state index contributed by atoms with van der Waals surface area (Å²) in [5.74, 6) is 0. The fourth-order valence-electron chi connectivity index (χ4n) is 4.75. The van der Waals surface area contributed by atoms with Crippen molar-refractivity contribution in [1.29, 1.82) is 0 Å². The van der Waals surface area contributed by atoms with Gasteiger partial charge >= 0.3 is 0 Å². The molecule has 124 valence electrons. The molecule has 0 amide bonds. The molecule has 0 atom stereocenters. The minimum absolute atomic E-state index is 0.117. The number of unbranched alkanes of at least 4 members (excludes halogenated alkanes) is 1. The molecule has 0 fully saturated rings. The topological polar surface area (TPSA) is 0 Å². The third-order valence-electron chi connectivity index (χ3n) is 6.26. The van der Waals surface area contributed by atoms with Crippen LogP contribution < -0.4 is 0 Å². The van der Waals surface area contributed by atoms with E-state index in [9.17, 15) is 0 Å². The average molecular weight is 316 g/mol. The highest BCUT2D eigenvalue weighted by Crippen LogP contribution is 2.53. The molecule has 0 heteroatoms. The maximum atomic E-state index is 2.40. The minimum atomic E-state index is 0.117. The zero-order valence-electron chi connectivity index (χ0n) is 15.7. The maximum absolute atomic E-state index is 2.40. The first-order chi connectivity index (χ1) is 11.4. The fraction of sp³-hybridized carbons (Fsp3) is 0.417. The van der Waals surface area contributed by atoms with Gasteiger partial charge in [0.2, 0.25) is 0 Å². The molecule has 0 aliphatic heterocycles. The minimum Gasteiger partial charge on any atom is -0.0654 e. The first-order valence-electron chi connectivity index (χ1n) is 9.42. The SMILES string of the molecule is CCCCC1=C(C)c2ccc3c(c2C1)-c1ccc(C)cc1C3(C)C. The van der Waals surface area contributed by atoms with Crippen LogP contribution in [0.15, 0.2) is 35.9 Å². The second-order valence-corrected chi connectivity index (χ2v) is 8.20. The van der Waals surface area contributed by atoms with E-state index in [1.807, 2.05) is 0 Å². The quantitative estimate of drug-likeness (QED) is 0.582. The van der Waals surface area contributed by atoms with Gasteiger partial charge in [0.1, 0.15) is 0 Å². The van der Waals surface area contributed by atoms with E-state index in [1.165, 1.54) is 47.1 Å². The van der Waals surface area contributed by atoms with Crippen LogP contribution >= 0.6 is 0 Å². The Morgan fingerprint density at radius 1 is 0.958 bits per heavy atom. The number of allylic oxidation sites excluding steroid dienone is 2. The summed E-state index contributed by atoms with van der Waals surface area (Å²) in [6, 6.07) is 11.8. The second-order valence-electron chi connectivity index (χ2n) is 8.20. The molecule has 0 spiro atoms. The molecular formula is C24H28. The standard InChI is InChI=1S/C24H28/c1-6-7-8-17-14-20-18(16(17)3)11-12-21-23(20)19-10-9-15(2)13-22(19)24(21,4)5/h9-13H,6-8,14H2,1-5H3. The molecule has 0 radical (unpaired) electrons. The fourth-order valence-corrected chi connectivity index (χ4v) is 4.75. The normalized spacial score (nSPS) is 17.0. The predicted octanol–water partition coefficient (Wildman–Crippen LogP) is 6.82. The van der Waals surface area contributed by atoms with Crippen molar-refractivity contribution < 1.29 is 0 Å². The van der Waals surface area contributed by atoms with Gasteiger partial charge in [-0.2, -0.15) is 0 Å². The van der Waals surface area contributed by atoms with Crippen molar-refractivity contribution in [3.63, 3.8) is 0 Å². The van der Waals surface area contributed by atoms with Crippen molar-refractivity contribution in [3.05, 3.63) is 63.7 Å². The first kappa shape index (κ1) is 15.7. The number of hydrogen-bond acceptors (Lipinski definition) is 0. The molecule has 0 bridgehead atoms. The van der Waals surface area contributed by atoms with Crippen LogP contribution in [0.4, 0.5) is 0 Å². The Morgan fingerprint density at radius 2 is 1.71 bits per heavy atom. The van der Waals surface area contributed by atoms with E-state index in [4.69, 9.17) is 0 Å². The molecule has 2 aliphatic carbocycles. The Balaban J connectivity index is 1.89. The lowest BCUT2D eigenvalue weighted by Crippen LogP contribution is -2.15. The van der Waals surface area contributed by atoms with Crippen molar-refractivity contribution in [2.45, 2.75) is 65.7 Å². The van der Waals surface area contributed by atoms with Crippen LogP contribution in [0.3, 0.4) is 0 Å². The molecular weight excluding hydrogens is 288 g/mol. The smallest absolute Gasteiger partial charge is 0.0159 e. The molecule has 4 rings (SSSR count). The van der Waals surface area contributed by atoms with E-state index >= 15 is 0 Å².